The van der Waals surface area contributed by atoms with Crippen LogP contribution in [0.15, 0.2) is 59.1 Å². The molecule has 5 rings (SSSR count). The maximum atomic E-state index is 13.8. The second kappa shape index (κ2) is 11.0. The highest BCUT2D eigenvalue weighted by Gasteiger charge is 2.26. The molecule has 2 aromatic heterocycles. The molecule has 1 aliphatic heterocycles. The highest BCUT2D eigenvalue weighted by Crippen LogP contribution is 2.23. The number of aryl methyl sites for hydroxylation is 3. The first-order valence-electron chi connectivity index (χ1n) is 12.6. The molecule has 1 amide bonds. The Morgan fingerprint density at radius 1 is 0.973 bits per heavy atom. The minimum absolute atomic E-state index is 0.184. The zero-order chi connectivity index (χ0) is 25.8. The number of fused-ring (bicyclic) bond motifs is 3. The van der Waals surface area contributed by atoms with E-state index in [1.165, 1.54) is 0 Å². The van der Waals surface area contributed by atoms with Crippen LogP contribution >= 0.6 is 0 Å². The van der Waals surface area contributed by atoms with Gasteiger partial charge >= 0.3 is 0 Å². The second-order valence-electron chi connectivity index (χ2n) is 9.44. The lowest BCUT2D eigenvalue weighted by molar-refractivity contribution is 0.0563. The summed E-state index contributed by atoms with van der Waals surface area (Å²) in [5.41, 5.74) is 6.34. The van der Waals surface area contributed by atoms with Gasteiger partial charge in [0.15, 0.2) is 5.69 Å². The van der Waals surface area contributed by atoms with Gasteiger partial charge in [0, 0.05) is 30.8 Å². The summed E-state index contributed by atoms with van der Waals surface area (Å²) in [6, 6.07) is 18.4. The van der Waals surface area contributed by atoms with Crippen molar-refractivity contribution in [2.45, 2.75) is 40.3 Å². The van der Waals surface area contributed by atoms with Crippen molar-refractivity contribution in [3.8, 4) is 5.75 Å². The number of hydrogen-bond donors (Lipinski definition) is 0. The van der Waals surface area contributed by atoms with Crippen molar-refractivity contribution in [3.05, 3.63) is 99.7 Å². The van der Waals surface area contributed by atoms with Crippen molar-refractivity contribution in [1.82, 2.24) is 19.8 Å². The molecule has 192 valence electrons. The number of carbonyl (C=O) groups is 1. The van der Waals surface area contributed by atoms with Gasteiger partial charge in [-0.05, 0) is 49.6 Å². The Balaban J connectivity index is 1.42. The first-order chi connectivity index (χ1) is 18.0. The van der Waals surface area contributed by atoms with Gasteiger partial charge < -0.3 is 18.9 Å². The van der Waals surface area contributed by atoms with E-state index >= 15 is 0 Å². The summed E-state index contributed by atoms with van der Waals surface area (Å²) in [6.07, 6.45) is 0.744. The van der Waals surface area contributed by atoms with Crippen molar-refractivity contribution in [2.24, 2.45) is 0 Å². The fourth-order valence-corrected chi connectivity index (χ4v) is 4.69. The molecule has 3 heterocycles. The van der Waals surface area contributed by atoms with Crippen LogP contribution in [0.1, 0.15) is 49.9 Å². The molecule has 8 heteroatoms. The van der Waals surface area contributed by atoms with Gasteiger partial charge in [0.2, 0.25) is 0 Å². The molecule has 0 spiro atoms. The third-order valence-corrected chi connectivity index (χ3v) is 6.61. The van der Waals surface area contributed by atoms with E-state index in [2.05, 4.69) is 28.5 Å². The predicted molar refractivity (Wildman–Crippen MR) is 139 cm³/mol. The summed E-state index contributed by atoms with van der Waals surface area (Å²) in [6.45, 7) is 8.34. The van der Waals surface area contributed by atoms with Crippen LogP contribution in [-0.4, -0.2) is 52.1 Å². The van der Waals surface area contributed by atoms with E-state index in [9.17, 15) is 4.79 Å². The van der Waals surface area contributed by atoms with Crippen LogP contribution in [0.5, 0.6) is 5.75 Å². The molecule has 37 heavy (non-hydrogen) atoms. The Labute approximate surface area is 216 Å². The van der Waals surface area contributed by atoms with E-state index in [0.29, 0.717) is 50.9 Å². The molecule has 1 aliphatic rings. The number of para-hydroxylation sites is 1. The highest BCUT2D eigenvalue weighted by molar-refractivity contribution is 5.93. The van der Waals surface area contributed by atoms with Crippen molar-refractivity contribution in [3.63, 3.8) is 0 Å². The van der Waals surface area contributed by atoms with Gasteiger partial charge in [0.25, 0.3) is 5.91 Å². The topological polar surface area (TPSA) is 82.6 Å². The molecule has 0 aliphatic carbocycles. The number of ether oxygens (including phenoxy) is 2. The average molecular weight is 501 g/mol. The molecule has 2 bridgehead atoms. The Bertz CT molecular complexity index is 1390. The van der Waals surface area contributed by atoms with Gasteiger partial charge in [-0.2, -0.15) is 5.10 Å². The lowest BCUT2D eigenvalue weighted by Gasteiger charge is -2.23. The SMILES string of the molecule is Cc1cc(C)n(Cc2c(C(=O)N3CCOCCOc4ccccc4Cc4cccc(c4)C3)noc2C)n1. The summed E-state index contributed by atoms with van der Waals surface area (Å²) in [5.74, 6) is 1.31. The van der Waals surface area contributed by atoms with Gasteiger partial charge in [-0.1, -0.05) is 47.6 Å². The lowest BCUT2D eigenvalue weighted by Crippen LogP contribution is -2.35. The van der Waals surface area contributed by atoms with Crippen LogP contribution in [0.3, 0.4) is 0 Å². The molecule has 4 aromatic rings. The number of amides is 1. The zero-order valence-electron chi connectivity index (χ0n) is 21.6. The maximum absolute atomic E-state index is 13.8. The Hall–Kier alpha value is -3.91. The van der Waals surface area contributed by atoms with Crippen molar-refractivity contribution < 1.29 is 18.8 Å². The fourth-order valence-electron chi connectivity index (χ4n) is 4.69. The summed E-state index contributed by atoms with van der Waals surface area (Å²) < 4.78 is 19.2. The molecule has 0 saturated heterocycles. The fraction of sp³-hybridized carbons (Fsp3) is 0.345. The van der Waals surface area contributed by atoms with Crippen molar-refractivity contribution in [1.29, 1.82) is 0 Å². The quantitative estimate of drug-likeness (QED) is 0.412. The van der Waals surface area contributed by atoms with Crippen LogP contribution in [0.2, 0.25) is 0 Å². The molecular formula is C29H32N4O4. The van der Waals surface area contributed by atoms with Gasteiger partial charge in [0.05, 0.1) is 25.5 Å². The first kappa shape index (κ1) is 24.8. The van der Waals surface area contributed by atoms with E-state index in [1.54, 1.807) is 4.90 Å². The summed E-state index contributed by atoms with van der Waals surface area (Å²) in [5, 5.41) is 8.72. The largest absolute Gasteiger partial charge is 0.491 e. The molecule has 0 radical (unpaired) electrons. The third kappa shape index (κ3) is 5.75. The molecule has 2 aromatic carbocycles. The van der Waals surface area contributed by atoms with E-state index < -0.39 is 0 Å². The highest BCUT2D eigenvalue weighted by atomic mass is 16.5. The molecule has 0 unspecified atom stereocenters. The Kier molecular flexibility index (Phi) is 7.37. The number of carbonyl (C=O) groups excluding carboxylic acids is 1. The minimum Gasteiger partial charge on any atom is -0.491 e. The number of rotatable bonds is 3. The van der Waals surface area contributed by atoms with Gasteiger partial charge in [-0.25, -0.2) is 0 Å². The third-order valence-electron chi connectivity index (χ3n) is 6.61. The lowest BCUT2D eigenvalue weighted by atomic mass is 10.0. The minimum atomic E-state index is -0.184. The number of nitrogens with zero attached hydrogens (tertiary/aromatic N) is 4. The number of hydrogen-bond acceptors (Lipinski definition) is 6. The van der Waals surface area contributed by atoms with E-state index in [4.69, 9.17) is 14.0 Å². The van der Waals surface area contributed by atoms with E-state index in [0.717, 1.165) is 45.8 Å². The summed E-state index contributed by atoms with van der Waals surface area (Å²) in [7, 11) is 0. The van der Waals surface area contributed by atoms with Gasteiger partial charge in [-0.15, -0.1) is 0 Å². The van der Waals surface area contributed by atoms with Crippen LogP contribution in [0.4, 0.5) is 0 Å². The van der Waals surface area contributed by atoms with Crippen molar-refractivity contribution in [2.75, 3.05) is 26.4 Å². The molecular weight excluding hydrogens is 468 g/mol. The molecule has 0 N–H and O–H groups in total. The normalized spacial score (nSPS) is 14.5. The monoisotopic (exact) mass is 500 g/mol. The average Bonchev–Trinajstić information content (AvgIpc) is 3.41. The molecule has 0 atom stereocenters. The van der Waals surface area contributed by atoms with Crippen LogP contribution in [-0.2, 0) is 24.2 Å². The molecule has 0 saturated carbocycles. The first-order valence-corrected chi connectivity index (χ1v) is 12.6. The standard InChI is InChI=1S/C29H32N4O4/c1-20-15-21(2)33(30-20)19-26-22(3)37-31-28(26)29(34)32-11-12-35-13-14-36-27-10-5-4-9-25(27)17-23-7-6-8-24(16-23)18-32/h4-10,15-16H,11-14,17-19H2,1-3H3. The Morgan fingerprint density at radius 3 is 2.65 bits per heavy atom. The van der Waals surface area contributed by atoms with Crippen LogP contribution in [0.25, 0.3) is 0 Å². The number of benzene rings is 2. The second-order valence-corrected chi connectivity index (χ2v) is 9.44. The van der Waals surface area contributed by atoms with Crippen LogP contribution < -0.4 is 4.74 Å². The Morgan fingerprint density at radius 2 is 1.81 bits per heavy atom. The van der Waals surface area contributed by atoms with Crippen molar-refractivity contribution >= 4 is 5.91 Å². The summed E-state index contributed by atoms with van der Waals surface area (Å²) >= 11 is 0. The maximum Gasteiger partial charge on any atom is 0.276 e. The van der Waals surface area contributed by atoms with Gasteiger partial charge in [0.1, 0.15) is 18.1 Å². The number of aromatic nitrogens is 3. The summed E-state index contributed by atoms with van der Waals surface area (Å²) in [4.78, 5) is 15.6. The van der Waals surface area contributed by atoms with Crippen LogP contribution in [0, 0.1) is 20.8 Å². The van der Waals surface area contributed by atoms with E-state index in [-0.39, 0.29) is 5.91 Å². The molecule has 0 fully saturated rings. The van der Waals surface area contributed by atoms with Gasteiger partial charge in [-0.3, -0.25) is 9.48 Å². The smallest absolute Gasteiger partial charge is 0.276 e. The van der Waals surface area contributed by atoms with E-state index in [1.807, 2.05) is 61.9 Å². The zero-order valence-corrected chi connectivity index (χ0v) is 21.6. The molecule has 8 nitrogen and oxygen atoms in total. The predicted octanol–water partition coefficient (Wildman–Crippen LogP) is 4.49.